The summed E-state index contributed by atoms with van der Waals surface area (Å²) in [6, 6.07) is 6.44. The van der Waals surface area contributed by atoms with Crippen molar-refractivity contribution in [2.75, 3.05) is 13.2 Å². The van der Waals surface area contributed by atoms with Crippen LogP contribution in [0.2, 0.25) is 0 Å². The van der Waals surface area contributed by atoms with Crippen LogP contribution >= 0.6 is 0 Å². The summed E-state index contributed by atoms with van der Waals surface area (Å²) in [6.07, 6.45) is 0. The quantitative estimate of drug-likeness (QED) is 0.540. The van der Waals surface area contributed by atoms with Crippen LogP contribution in [0.15, 0.2) is 24.3 Å². The predicted molar refractivity (Wildman–Crippen MR) is 64.1 cm³/mol. The summed E-state index contributed by atoms with van der Waals surface area (Å²) in [6.45, 7) is 3.97. The molecule has 0 aliphatic rings. The van der Waals surface area contributed by atoms with Gasteiger partial charge in [0.2, 0.25) is 0 Å². The Kier molecular flexibility index (Phi) is 7.77. The zero-order valence-corrected chi connectivity index (χ0v) is 13.7. The number of carbonyl (C=O) groups excluding carboxylic acids is 2. The summed E-state index contributed by atoms with van der Waals surface area (Å²) in [5, 5.41) is 0. The van der Waals surface area contributed by atoms with E-state index in [9.17, 15) is 9.59 Å². The van der Waals surface area contributed by atoms with Crippen LogP contribution in [-0.4, -0.2) is 52.5 Å². The van der Waals surface area contributed by atoms with Crippen molar-refractivity contribution in [2.24, 2.45) is 0 Å². The zero-order chi connectivity index (χ0) is 12.0. The van der Waals surface area contributed by atoms with Crippen LogP contribution in [0.4, 0.5) is 0 Å². The Hall–Kier alpha value is -0.918. The Morgan fingerprint density at radius 1 is 0.941 bits per heavy atom. The third kappa shape index (κ3) is 4.45. The molecule has 1 rings (SSSR count). The zero-order valence-electron chi connectivity index (χ0n) is 9.86. The Morgan fingerprint density at radius 3 is 1.59 bits per heavy atom. The van der Waals surface area contributed by atoms with E-state index in [1.54, 1.807) is 38.1 Å². The Labute approximate surface area is 120 Å². The minimum Gasteiger partial charge on any atom is -0.462 e. The number of hydrogen-bond acceptors (Lipinski definition) is 4. The summed E-state index contributed by atoms with van der Waals surface area (Å²) >= 11 is 0. The molecule has 0 aliphatic heterocycles. The van der Waals surface area contributed by atoms with E-state index in [0.717, 1.165) is 0 Å². The van der Waals surface area contributed by atoms with Crippen molar-refractivity contribution < 1.29 is 19.1 Å². The Bertz CT molecular complexity index is 353. The van der Waals surface area contributed by atoms with Crippen LogP contribution in [0.1, 0.15) is 34.6 Å². The number of esters is 2. The number of rotatable bonds is 4. The van der Waals surface area contributed by atoms with Crippen molar-refractivity contribution in [3.8, 4) is 0 Å². The molecule has 0 unspecified atom stereocenters. The molecule has 4 nitrogen and oxygen atoms in total. The summed E-state index contributed by atoms with van der Waals surface area (Å²) in [4.78, 5) is 23.1. The topological polar surface area (TPSA) is 52.6 Å². The monoisotopic (exact) mass is 430 g/mol. The van der Waals surface area contributed by atoms with Crippen LogP contribution < -0.4 is 0 Å². The van der Waals surface area contributed by atoms with Crippen molar-refractivity contribution in [1.29, 1.82) is 0 Å². The molecule has 0 spiro atoms. The molecular formula is C12H14O4Pb. The normalized spacial score (nSPS) is 9.06. The maximum Gasteiger partial charge on any atom is 0.338 e. The first-order valence-electron chi connectivity index (χ1n) is 5.14. The molecule has 4 radical (unpaired) electrons. The molecule has 0 atom stereocenters. The second-order valence-electron chi connectivity index (χ2n) is 2.99. The van der Waals surface area contributed by atoms with Crippen LogP contribution in [0.25, 0.3) is 0 Å². The first kappa shape index (κ1) is 16.1. The molecule has 1 aromatic carbocycles. The molecule has 0 amide bonds. The van der Waals surface area contributed by atoms with Crippen LogP contribution in [-0.2, 0) is 9.47 Å². The summed E-state index contributed by atoms with van der Waals surface area (Å²) in [7, 11) is 0. The molecule has 0 bridgehead atoms. The number of carbonyl (C=O) groups is 2. The molecule has 5 heteroatoms. The van der Waals surface area contributed by atoms with Crippen molar-refractivity contribution in [2.45, 2.75) is 13.8 Å². The van der Waals surface area contributed by atoms with Gasteiger partial charge in [-0.15, -0.1) is 0 Å². The van der Waals surface area contributed by atoms with Gasteiger partial charge in [0.1, 0.15) is 0 Å². The van der Waals surface area contributed by atoms with Gasteiger partial charge in [-0.1, -0.05) is 12.1 Å². The number of ether oxygens (including phenoxy) is 2. The smallest absolute Gasteiger partial charge is 0.338 e. The molecule has 0 heterocycles. The first-order valence-corrected chi connectivity index (χ1v) is 5.14. The average Bonchev–Trinajstić information content (AvgIpc) is 2.30. The number of hydrogen-bond donors (Lipinski definition) is 0. The van der Waals surface area contributed by atoms with Gasteiger partial charge in [0.25, 0.3) is 0 Å². The Balaban J connectivity index is 0.00000256. The van der Waals surface area contributed by atoms with E-state index in [1.807, 2.05) is 0 Å². The van der Waals surface area contributed by atoms with Gasteiger partial charge in [0.05, 0.1) is 24.3 Å². The van der Waals surface area contributed by atoms with Crippen LogP contribution in [0.3, 0.4) is 0 Å². The maximum atomic E-state index is 11.5. The van der Waals surface area contributed by atoms with E-state index in [0.29, 0.717) is 0 Å². The standard InChI is InChI=1S/C12H14O4.Pb/c1-3-15-11(13)9-7-5-6-8-10(9)12(14)16-4-2;/h5-8H,3-4H2,1-2H3;. The van der Waals surface area contributed by atoms with Gasteiger partial charge < -0.3 is 9.47 Å². The molecule has 0 aliphatic carbocycles. The SMILES string of the molecule is CCOC(=O)c1ccccc1C(=O)OCC.[Pb]. The first-order chi connectivity index (χ1) is 7.70. The molecule has 1 aromatic rings. The largest absolute Gasteiger partial charge is 0.462 e. The second-order valence-corrected chi connectivity index (χ2v) is 2.99. The molecule has 0 saturated heterocycles. The van der Waals surface area contributed by atoms with Crippen molar-refractivity contribution in [1.82, 2.24) is 0 Å². The molecule has 0 aromatic heterocycles. The number of benzene rings is 1. The van der Waals surface area contributed by atoms with E-state index in [-0.39, 0.29) is 51.6 Å². The van der Waals surface area contributed by atoms with E-state index in [2.05, 4.69) is 0 Å². The van der Waals surface area contributed by atoms with Crippen LogP contribution in [0.5, 0.6) is 0 Å². The molecule has 0 fully saturated rings. The van der Waals surface area contributed by atoms with Gasteiger partial charge in [0.15, 0.2) is 0 Å². The van der Waals surface area contributed by atoms with Crippen LogP contribution in [0, 0.1) is 0 Å². The van der Waals surface area contributed by atoms with Gasteiger partial charge >= 0.3 is 11.9 Å². The van der Waals surface area contributed by atoms with Crippen molar-refractivity contribution >= 4 is 39.2 Å². The van der Waals surface area contributed by atoms with Gasteiger partial charge in [0, 0.05) is 27.3 Å². The summed E-state index contributed by atoms with van der Waals surface area (Å²) in [5.74, 6) is -1.02. The van der Waals surface area contributed by atoms with Gasteiger partial charge in [-0.25, -0.2) is 9.59 Å². The fourth-order valence-electron chi connectivity index (χ4n) is 1.26. The van der Waals surface area contributed by atoms with E-state index in [4.69, 9.17) is 9.47 Å². The van der Waals surface area contributed by atoms with E-state index < -0.39 is 11.9 Å². The molecular weight excluding hydrogens is 415 g/mol. The predicted octanol–water partition coefficient (Wildman–Crippen LogP) is 1.66. The molecule has 0 saturated carbocycles. The maximum absolute atomic E-state index is 11.5. The third-order valence-electron chi connectivity index (χ3n) is 1.92. The van der Waals surface area contributed by atoms with Crippen molar-refractivity contribution in [3.63, 3.8) is 0 Å². The third-order valence-corrected chi connectivity index (χ3v) is 1.92. The second kappa shape index (κ2) is 8.21. The van der Waals surface area contributed by atoms with Gasteiger partial charge in [-0.3, -0.25) is 0 Å². The summed E-state index contributed by atoms with van der Waals surface area (Å²) in [5.41, 5.74) is 0.477. The molecule has 0 N–H and O–H groups in total. The fraction of sp³-hybridized carbons (Fsp3) is 0.333. The minimum absolute atomic E-state index is 0. The van der Waals surface area contributed by atoms with Gasteiger partial charge in [-0.2, -0.15) is 0 Å². The molecule has 90 valence electrons. The average molecular weight is 429 g/mol. The van der Waals surface area contributed by atoms with E-state index in [1.165, 1.54) is 0 Å². The van der Waals surface area contributed by atoms with E-state index >= 15 is 0 Å². The minimum atomic E-state index is -0.508. The molecule has 17 heavy (non-hydrogen) atoms. The van der Waals surface area contributed by atoms with Gasteiger partial charge in [-0.05, 0) is 26.0 Å². The Morgan fingerprint density at radius 2 is 1.29 bits per heavy atom. The summed E-state index contributed by atoms with van der Waals surface area (Å²) < 4.78 is 9.70. The fourth-order valence-corrected chi connectivity index (χ4v) is 1.26. The van der Waals surface area contributed by atoms with Crippen molar-refractivity contribution in [3.05, 3.63) is 35.4 Å².